The minimum atomic E-state index is -2.28. The van der Waals surface area contributed by atoms with E-state index in [0.717, 1.165) is 5.56 Å². The molecule has 4 heteroatoms. The van der Waals surface area contributed by atoms with Crippen LogP contribution in [0.1, 0.15) is 5.56 Å². The lowest BCUT2D eigenvalue weighted by molar-refractivity contribution is 0.146. The van der Waals surface area contributed by atoms with E-state index < -0.39 is 6.43 Å². The Kier molecular flexibility index (Phi) is 4.84. The number of hydrogen-bond acceptors (Lipinski definition) is 1. The Hall–Kier alpha value is -0.670. The maximum atomic E-state index is 11.7. The van der Waals surface area contributed by atoms with Crippen molar-refractivity contribution >= 4 is 11.6 Å². The van der Waals surface area contributed by atoms with E-state index in [1.54, 1.807) is 6.07 Å². The third-order valence-electron chi connectivity index (χ3n) is 1.78. The van der Waals surface area contributed by atoms with E-state index in [1.807, 2.05) is 18.2 Å². The average Bonchev–Trinajstić information content (AvgIpc) is 2.12. The minimum Gasteiger partial charge on any atom is -0.311 e. The van der Waals surface area contributed by atoms with Crippen molar-refractivity contribution in [1.82, 2.24) is 5.32 Å². The van der Waals surface area contributed by atoms with E-state index in [1.165, 1.54) is 0 Å². The number of hydrogen-bond donors (Lipinski definition) is 1. The first kappa shape index (κ1) is 11.4. The quantitative estimate of drug-likeness (QED) is 0.751. The molecule has 1 nitrogen and oxygen atoms in total. The molecule has 0 saturated heterocycles. The summed E-state index contributed by atoms with van der Waals surface area (Å²) in [6.07, 6.45) is -1.57. The Balaban J connectivity index is 2.25. The Labute approximate surface area is 87.1 Å². The number of halogens is 3. The van der Waals surface area contributed by atoms with E-state index in [-0.39, 0.29) is 6.54 Å². The average molecular weight is 220 g/mol. The van der Waals surface area contributed by atoms with Gasteiger partial charge in [-0.15, -0.1) is 0 Å². The van der Waals surface area contributed by atoms with Gasteiger partial charge in [-0.05, 0) is 30.7 Å². The Bertz CT molecular complexity index is 279. The van der Waals surface area contributed by atoms with Gasteiger partial charge in [0.25, 0.3) is 6.43 Å². The summed E-state index contributed by atoms with van der Waals surface area (Å²) in [7, 11) is 0. The zero-order chi connectivity index (χ0) is 10.4. The van der Waals surface area contributed by atoms with Gasteiger partial charge in [0.15, 0.2) is 0 Å². The summed E-state index contributed by atoms with van der Waals surface area (Å²) < 4.78 is 23.5. The van der Waals surface area contributed by atoms with Crippen LogP contribution in [0.15, 0.2) is 24.3 Å². The number of nitrogens with one attached hydrogen (secondary N) is 1. The molecule has 0 aliphatic carbocycles. The van der Waals surface area contributed by atoms with Gasteiger partial charge in [-0.1, -0.05) is 23.7 Å². The molecule has 0 unspecified atom stereocenters. The van der Waals surface area contributed by atoms with Gasteiger partial charge < -0.3 is 5.32 Å². The van der Waals surface area contributed by atoms with E-state index in [4.69, 9.17) is 11.6 Å². The van der Waals surface area contributed by atoms with E-state index in [9.17, 15) is 8.78 Å². The molecule has 0 fully saturated rings. The number of rotatable bonds is 5. The van der Waals surface area contributed by atoms with Crippen molar-refractivity contribution in [3.05, 3.63) is 34.9 Å². The normalized spacial score (nSPS) is 10.9. The molecule has 0 amide bonds. The molecule has 0 spiro atoms. The maximum absolute atomic E-state index is 11.7. The second-order valence-corrected chi connectivity index (χ2v) is 3.41. The number of benzene rings is 1. The molecule has 14 heavy (non-hydrogen) atoms. The highest BCUT2D eigenvalue weighted by molar-refractivity contribution is 6.30. The molecule has 0 aromatic heterocycles. The van der Waals surface area contributed by atoms with Crippen molar-refractivity contribution in [1.29, 1.82) is 0 Å². The van der Waals surface area contributed by atoms with Gasteiger partial charge in [-0.25, -0.2) is 8.78 Å². The fourth-order valence-electron chi connectivity index (χ4n) is 1.14. The monoisotopic (exact) mass is 219 g/mol. The van der Waals surface area contributed by atoms with Gasteiger partial charge in [-0.3, -0.25) is 0 Å². The summed E-state index contributed by atoms with van der Waals surface area (Å²) in [5.74, 6) is 0. The van der Waals surface area contributed by atoms with E-state index in [0.29, 0.717) is 18.0 Å². The maximum Gasteiger partial charge on any atom is 0.250 e. The van der Waals surface area contributed by atoms with Crippen molar-refractivity contribution < 1.29 is 8.78 Å². The van der Waals surface area contributed by atoms with Crippen LogP contribution >= 0.6 is 11.6 Å². The van der Waals surface area contributed by atoms with E-state index >= 15 is 0 Å². The third-order valence-corrected chi connectivity index (χ3v) is 2.01. The van der Waals surface area contributed by atoms with Crippen molar-refractivity contribution in [2.24, 2.45) is 0 Å². The highest BCUT2D eigenvalue weighted by Crippen LogP contribution is 2.10. The lowest BCUT2D eigenvalue weighted by Gasteiger charge is -2.04. The predicted molar refractivity (Wildman–Crippen MR) is 54.0 cm³/mol. The molecule has 0 atom stereocenters. The van der Waals surface area contributed by atoms with Gasteiger partial charge >= 0.3 is 0 Å². The first-order valence-corrected chi connectivity index (χ1v) is 4.79. The van der Waals surface area contributed by atoms with Crippen molar-refractivity contribution in [3.8, 4) is 0 Å². The van der Waals surface area contributed by atoms with Gasteiger partial charge in [0.05, 0.1) is 6.54 Å². The predicted octanol–water partition coefficient (Wildman–Crippen LogP) is 2.74. The van der Waals surface area contributed by atoms with Crippen LogP contribution < -0.4 is 5.32 Å². The van der Waals surface area contributed by atoms with Gasteiger partial charge in [-0.2, -0.15) is 0 Å². The Morgan fingerprint density at radius 3 is 2.79 bits per heavy atom. The molecule has 0 aliphatic rings. The summed E-state index contributed by atoms with van der Waals surface area (Å²) >= 11 is 5.77. The summed E-state index contributed by atoms with van der Waals surface area (Å²) in [5.41, 5.74) is 1.05. The van der Waals surface area contributed by atoms with Crippen LogP contribution in [0.2, 0.25) is 5.02 Å². The van der Waals surface area contributed by atoms with Gasteiger partial charge in [0.1, 0.15) is 0 Å². The lowest BCUT2D eigenvalue weighted by atomic mass is 10.1. The fraction of sp³-hybridized carbons (Fsp3) is 0.400. The summed E-state index contributed by atoms with van der Waals surface area (Å²) in [6, 6.07) is 7.41. The van der Waals surface area contributed by atoms with Crippen LogP contribution in [0.5, 0.6) is 0 Å². The second-order valence-electron chi connectivity index (χ2n) is 2.98. The second kappa shape index (κ2) is 5.94. The molecule has 1 N–H and O–H groups in total. The van der Waals surface area contributed by atoms with Gasteiger partial charge in [0.2, 0.25) is 0 Å². The van der Waals surface area contributed by atoms with Crippen molar-refractivity contribution in [2.75, 3.05) is 13.1 Å². The van der Waals surface area contributed by atoms with Crippen LogP contribution in [0.4, 0.5) is 8.78 Å². The highest BCUT2D eigenvalue weighted by atomic mass is 35.5. The summed E-state index contributed by atoms with van der Waals surface area (Å²) in [6.45, 7) is 0.297. The van der Waals surface area contributed by atoms with Crippen molar-refractivity contribution in [3.63, 3.8) is 0 Å². The molecule has 0 aliphatic heterocycles. The molecular formula is C10H12ClF2N. The van der Waals surface area contributed by atoms with Crippen LogP contribution in [0, 0.1) is 0 Å². The fourth-order valence-corrected chi connectivity index (χ4v) is 1.35. The van der Waals surface area contributed by atoms with Crippen LogP contribution in [0.3, 0.4) is 0 Å². The molecule has 1 aromatic rings. The molecule has 0 radical (unpaired) electrons. The summed E-state index contributed by atoms with van der Waals surface area (Å²) in [4.78, 5) is 0. The third kappa shape index (κ3) is 4.53. The molecule has 78 valence electrons. The SMILES string of the molecule is FC(F)CNCCc1cccc(Cl)c1. The first-order valence-electron chi connectivity index (χ1n) is 4.42. The van der Waals surface area contributed by atoms with Crippen molar-refractivity contribution in [2.45, 2.75) is 12.8 Å². The Morgan fingerprint density at radius 1 is 1.36 bits per heavy atom. The largest absolute Gasteiger partial charge is 0.311 e. The molecule has 0 bridgehead atoms. The first-order chi connectivity index (χ1) is 6.68. The van der Waals surface area contributed by atoms with Crippen LogP contribution in [0.25, 0.3) is 0 Å². The lowest BCUT2D eigenvalue weighted by Crippen LogP contribution is -2.23. The highest BCUT2D eigenvalue weighted by Gasteiger charge is 2.00. The van der Waals surface area contributed by atoms with Gasteiger partial charge in [0, 0.05) is 5.02 Å². The number of alkyl halides is 2. The standard InChI is InChI=1S/C10H12ClF2N/c11-9-3-1-2-8(6-9)4-5-14-7-10(12)13/h1-3,6,10,14H,4-5,7H2. The molecular weight excluding hydrogens is 208 g/mol. The summed E-state index contributed by atoms with van der Waals surface area (Å²) in [5, 5.41) is 3.34. The minimum absolute atomic E-state index is 0.249. The van der Waals surface area contributed by atoms with Crippen LogP contribution in [-0.4, -0.2) is 19.5 Å². The Morgan fingerprint density at radius 2 is 2.14 bits per heavy atom. The molecule has 1 rings (SSSR count). The zero-order valence-electron chi connectivity index (χ0n) is 7.64. The molecule has 0 saturated carbocycles. The zero-order valence-corrected chi connectivity index (χ0v) is 8.40. The van der Waals surface area contributed by atoms with E-state index in [2.05, 4.69) is 5.32 Å². The smallest absolute Gasteiger partial charge is 0.250 e. The topological polar surface area (TPSA) is 12.0 Å². The molecule has 0 heterocycles. The molecule has 1 aromatic carbocycles. The van der Waals surface area contributed by atoms with Crippen LogP contribution in [-0.2, 0) is 6.42 Å².